The van der Waals surface area contributed by atoms with Crippen LogP contribution in [-0.4, -0.2) is 18.2 Å². The van der Waals surface area contributed by atoms with Gasteiger partial charge in [-0.15, -0.1) is 0 Å². The molecule has 0 aliphatic carbocycles. The first-order valence-corrected chi connectivity index (χ1v) is 10.7. The molecule has 0 aliphatic rings. The van der Waals surface area contributed by atoms with Gasteiger partial charge in [0.05, 0.1) is 13.5 Å². The number of fused-ring (bicyclic) bond motifs is 2. The topological polar surface area (TPSA) is 55.8 Å². The van der Waals surface area contributed by atoms with Gasteiger partial charge < -0.3 is 14.6 Å². The second-order valence-electron chi connectivity index (χ2n) is 7.84. The Bertz CT molecular complexity index is 1460. The van der Waals surface area contributed by atoms with E-state index in [1.54, 1.807) is 13.2 Å². The Balaban J connectivity index is 1.61. The van der Waals surface area contributed by atoms with E-state index in [2.05, 4.69) is 0 Å². The van der Waals surface area contributed by atoms with Crippen molar-refractivity contribution in [2.75, 3.05) is 7.11 Å². The first kappa shape index (κ1) is 20.6. The van der Waals surface area contributed by atoms with Gasteiger partial charge in [-0.3, -0.25) is 4.79 Å². The third kappa shape index (κ3) is 3.99. The number of rotatable bonds is 5. The van der Waals surface area contributed by atoms with Crippen molar-refractivity contribution in [3.05, 3.63) is 103 Å². The van der Waals surface area contributed by atoms with Crippen LogP contribution >= 0.6 is 0 Å². The average molecular weight is 434 g/mol. The number of carbonyl (C=O) groups is 1. The number of aromatic hydroxyl groups is 1. The van der Waals surface area contributed by atoms with E-state index in [9.17, 15) is 9.90 Å². The van der Waals surface area contributed by atoms with E-state index in [1.165, 1.54) is 0 Å². The molecule has 0 spiro atoms. The number of methoxy groups -OCH3 is 1. The molecule has 4 nitrogen and oxygen atoms in total. The highest BCUT2D eigenvalue weighted by atomic mass is 16.5. The number of hydrogen-bond acceptors (Lipinski definition) is 4. The van der Waals surface area contributed by atoms with Crippen molar-refractivity contribution in [1.82, 2.24) is 0 Å². The second-order valence-corrected chi connectivity index (χ2v) is 7.84. The van der Waals surface area contributed by atoms with Gasteiger partial charge in [-0.25, -0.2) is 0 Å². The number of phenolic OH excluding ortho intramolecular Hbond substituents is 1. The van der Waals surface area contributed by atoms with Crippen LogP contribution in [0.25, 0.3) is 32.7 Å². The number of ether oxygens (including phenoxy) is 2. The van der Waals surface area contributed by atoms with Crippen molar-refractivity contribution in [1.29, 1.82) is 0 Å². The van der Waals surface area contributed by atoms with Gasteiger partial charge in [0.2, 0.25) is 0 Å². The van der Waals surface area contributed by atoms with Gasteiger partial charge >= 0.3 is 5.97 Å². The van der Waals surface area contributed by atoms with Crippen LogP contribution in [0.15, 0.2) is 97.1 Å². The lowest BCUT2D eigenvalue weighted by Gasteiger charge is -2.16. The fourth-order valence-corrected chi connectivity index (χ4v) is 4.21. The summed E-state index contributed by atoms with van der Waals surface area (Å²) in [6.07, 6.45) is 0.136. The first-order chi connectivity index (χ1) is 16.1. The summed E-state index contributed by atoms with van der Waals surface area (Å²) in [5, 5.41) is 14.3. The Morgan fingerprint density at radius 3 is 2.30 bits per heavy atom. The number of benzene rings is 5. The minimum atomic E-state index is -0.360. The van der Waals surface area contributed by atoms with Gasteiger partial charge in [-0.05, 0) is 51.6 Å². The van der Waals surface area contributed by atoms with Crippen molar-refractivity contribution in [3.63, 3.8) is 0 Å². The molecule has 0 heterocycles. The van der Waals surface area contributed by atoms with Crippen molar-refractivity contribution < 1.29 is 19.4 Å². The summed E-state index contributed by atoms with van der Waals surface area (Å²) >= 11 is 0. The molecule has 5 rings (SSSR count). The summed E-state index contributed by atoms with van der Waals surface area (Å²) in [6.45, 7) is 0. The fourth-order valence-electron chi connectivity index (χ4n) is 4.21. The largest absolute Gasteiger partial charge is 0.507 e. The minimum absolute atomic E-state index is 0.136. The van der Waals surface area contributed by atoms with E-state index < -0.39 is 0 Å². The Hall–Kier alpha value is -4.31. The number of hydrogen-bond donors (Lipinski definition) is 1. The second kappa shape index (κ2) is 8.67. The summed E-state index contributed by atoms with van der Waals surface area (Å²) in [7, 11) is 1.61. The number of carbonyl (C=O) groups excluding carboxylic acids is 1. The van der Waals surface area contributed by atoms with Crippen molar-refractivity contribution in [2.24, 2.45) is 0 Å². The van der Waals surface area contributed by atoms with Crippen LogP contribution in [0.1, 0.15) is 5.56 Å². The molecular formula is C29H22O4. The molecule has 5 aromatic rings. The summed E-state index contributed by atoms with van der Waals surface area (Å²) in [5.41, 5.74) is 2.43. The monoisotopic (exact) mass is 434 g/mol. The quantitative estimate of drug-likeness (QED) is 0.253. The zero-order valence-corrected chi connectivity index (χ0v) is 18.1. The van der Waals surface area contributed by atoms with Crippen LogP contribution in [-0.2, 0) is 11.2 Å². The third-order valence-electron chi connectivity index (χ3n) is 5.77. The van der Waals surface area contributed by atoms with E-state index in [0.29, 0.717) is 5.75 Å². The SMILES string of the molecule is COc1ccc(CC(=O)Oc2ccc3ccccc3c2-c2cccc3cccc(O)c23)cc1. The van der Waals surface area contributed by atoms with E-state index in [0.717, 1.165) is 44.0 Å². The molecule has 33 heavy (non-hydrogen) atoms. The predicted octanol–water partition coefficient (Wildman–Crippen LogP) is 6.52. The fraction of sp³-hybridized carbons (Fsp3) is 0.0690. The van der Waals surface area contributed by atoms with Crippen molar-refractivity contribution >= 4 is 27.5 Å². The van der Waals surface area contributed by atoms with Gasteiger partial charge in [0.1, 0.15) is 17.2 Å². The zero-order valence-electron chi connectivity index (χ0n) is 18.1. The van der Waals surface area contributed by atoms with E-state index in [-0.39, 0.29) is 18.1 Å². The predicted molar refractivity (Wildman–Crippen MR) is 131 cm³/mol. The highest BCUT2D eigenvalue weighted by molar-refractivity contribution is 6.09. The van der Waals surface area contributed by atoms with Gasteiger partial charge in [0, 0.05) is 10.9 Å². The van der Waals surface area contributed by atoms with E-state index in [1.807, 2.05) is 91.0 Å². The molecule has 0 saturated carbocycles. The van der Waals surface area contributed by atoms with Crippen LogP contribution < -0.4 is 9.47 Å². The number of esters is 1. The average Bonchev–Trinajstić information content (AvgIpc) is 2.84. The summed E-state index contributed by atoms with van der Waals surface area (Å²) < 4.78 is 11.1. The molecule has 0 atom stereocenters. The molecule has 5 aromatic carbocycles. The maximum absolute atomic E-state index is 12.9. The van der Waals surface area contributed by atoms with E-state index in [4.69, 9.17) is 9.47 Å². The van der Waals surface area contributed by atoms with Crippen LogP contribution in [0, 0.1) is 0 Å². The minimum Gasteiger partial charge on any atom is -0.507 e. The Kier molecular flexibility index (Phi) is 5.41. The molecule has 0 bridgehead atoms. The molecule has 0 saturated heterocycles. The van der Waals surface area contributed by atoms with Crippen LogP contribution in [0.5, 0.6) is 17.2 Å². The highest BCUT2D eigenvalue weighted by Gasteiger charge is 2.18. The summed E-state index contributed by atoms with van der Waals surface area (Å²) in [5.74, 6) is 1.02. The van der Waals surface area contributed by atoms with Crippen LogP contribution in [0.4, 0.5) is 0 Å². The Labute approximate surface area is 191 Å². The summed E-state index contributed by atoms with van der Waals surface area (Å²) in [6, 6.07) is 30.4. The third-order valence-corrected chi connectivity index (χ3v) is 5.77. The number of phenols is 1. The molecular weight excluding hydrogens is 412 g/mol. The molecule has 1 N–H and O–H groups in total. The van der Waals surface area contributed by atoms with Crippen LogP contribution in [0.3, 0.4) is 0 Å². The van der Waals surface area contributed by atoms with Gasteiger partial charge in [0.25, 0.3) is 0 Å². The molecule has 0 unspecified atom stereocenters. The lowest BCUT2D eigenvalue weighted by Crippen LogP contribution is -2.12. The van der Waals surface area contributed by atoms with E-state index >= 15 is 0 Å². The zero-order chi connectivity index (χ0) is 22.8. The molecule has 162 valence electrons. The molecule has 0 aromatic heterocycles. The Morgan fingerprint density at radius 1 is 0.788 bits per heavy atom. The molecule has 4 heteroatoms. The molecule has 0 fully saturated rings. The van der Waals surface area contributed by atoms with Crippen molar-refractivity contribution in [2.45, 2.75) is 6.42 Å². The van der Waals surface area contributed by atoms with Gasteiger partial charge in [0.15, 0.2) is 0 Å². The van der Waals surface area contributed by atoms with Crippen LogP contribution in [0.2, 0.25) is 0 Å². The standard InChI is InChI=1S/C29H22O4/c1-32-22-15-12-19(13-16-22)18-27(31)33-26-17-14-20-6-2-3-9-23(20)29(26)24-10-4-7-21-8-5-11-25(30)28(21)24/h2-17,30H,18H2,1H3. The molecule has 0 radical (unpaired) electrons. The summed E-state index contributed by atoms with van der Waals surface area (Å²) in [4.78, 5) is 12.9. The first-order valence-electron chi connectivity index (χ1n) is 10.7. The normalized spacial score (nSPS) is 10.9. The Morgan fingerprint density at radius 2 is 1.52 bits per heavy atom. The maximum Gasteiger partial charge on any atom is 0.315 e. The van der Waals surface area contributed by atoms with Gasteiger partial charge in [-0.1, -0.05) is 72.8 Å². The molecule has 0 amide bonds. The lowest BCUT2D eigenvalue weighted by atomic mass is 9.92. The van der Waals surface area contributed by atoms with Gasteiger partial charge in [-0.2, -0.15) is 0 Å². The lowest BCUT2D eigenvalue weighted by molar-refractivity contribution is -0.133. The maximum atomic E-state index is 12.9. The molecule has 0 aliphatic heterocycles. The highest BCUT2D eigenvalue weighted by Crippen LogP contribution is 2.43. The van der Waals surface area contributed by atoms with Crippen molar-refractivity contribution in [3.8, 4) is 28.4 Å². The smallest absolute Gasteiger partial charge is 0.315 e.